The second-order valence-corrected chi connectivity index (χ2v) is 3.95. The highest BCUT2D eigenvalue weighted by Gasteiger charge is 2.08. The molecule has 3 heteroatoms. The van der Waals surface area contributed by atoms with Crippen molar-refractivity contribution in [3.63, 3.8) is 0 Å². The lowest BCUT2D eigenvalue weighted by Gasteiger charge is -1.98. The van der Waals surface area contributed by atoms with Crippen molar-refractivity contribution in [2.24, 2.45) is 7.05 Å². The van der Waals surface area contributed by atoms with Crippen LogP contribution >= 0.6 is 11.6 Å². The van der Waals surface area contributed by atoms with Gasteiger partial charge >= 0.3 is 0 Å². The molecule has 0 fully saturated rings. The predicted octanol–water partition coefficient (Wildman–Crippen LogP) is 3.10. The number of halogens is 1. The molecule has 0 unspecified atom stereocenters. The summed E-state index contributed by atoms with van der Waals surface area (Å²) >= 11 is 6.09. The van der Waals surface area contributed by atoms with Crippen molar-refractivity contribution in [3.05, 3.63) is 28.4 Å². The van der Waals surface area contributed by atoms with Gasteiger partial charge in [0.05, 0.1) is 5.52 Å². The summed E-state index contributed by atoms with van der Waals surface area (Å²) in [5.74, 6) is 0. The monoisotopic (exact) mass is 208 g/mol. The SMILES string of the molecule is CCc1c2cc(Cl)c(C)cc2nn1C. The van der Waals surface area contributed by atoms with Crippen LogP contribution in [0.15, 0.2) is 12.1 Å². The van der Waals surface area contributed by atoms with E-state index in [4.69, 9.17) is 11.6 Å². The summed E-state index contributed by atoms with van der Waals surface area (Å²) in [5, 5.41) is 6.44. The summed E-state index contributed by atoms with van der Waals surface area (Å²) in [7, 11) is 1.97. The Morgan fingerprint density at radius 3 is 2.79 bits per heavy atom. The minimum atomic E-state index is 0.820. The normalized spacial score (nSPS) is 11.1. The van der Waals surface area contributed by atoms with E-state index in [1.54, 1.807) is 0 Å². The van der Waals surface area contributed by atoms with Gasteiger partial charge in [-0.2, -0.15) is 5.10 Å². The van der Waals surface area contributed by atoms with Crippen molar-refractivity contribution in [2.75, 3.05) is 0 Å². The van der Waals surface area contributed by atoms with Crippen LogP contribution in [0.2, 0.25) is 5.02 Å². The maximum atomic E-state index is 6.09. The van der Waals surface area contributed by atoms with Gasteiger partial charge in [0.2, 0.25) is 0 Å². The van der Waals surface area contributed by atoms with Crippen LogP contribution in [0.25, 0.3) is 10.9 Å². The van der Waals surface area contributed by atoms with E-state index in [-0.39, 0.29) is 0 Å². The molecule has 0 radical (unpaired) electrons. The maximum absolute atomic E-state index is 6.09. The van der Waals surface area contributed by atoms with Crippen LogP contribution in [0, 0.1) is 6.92 Å². The van der Waals surface area contributed by atoms with Crippen LogP contribution < -0.4 is 0 Å². The third-order valence-electron chi connectivity index (χ3n) is 2.57. The van der Waals surface area contributed by atoms with E-state index in [9.17, 15) is 0 Å². The van der Waals surface area contributed by atoms with Gasteiger partial charge in [-0.3, -0.25) is 4.68 Å². The maximum Gasteiger partial charge on any atom is 0.0929 e. The van der Waals surface area contributed by atoms with E-state index < -0.39 is 0 Å². The van der Waals surface area contributed by atoms with Crippen LogP contribution in [0.5, 0.6) is 0 Å². The van der Waals surface area contributed by atoms with Gasteiger partial charge in [-0.05, 0) is 31.0 Å². The fourth-order valence-corrected chi connectivity index (χ4v) is 1.96. The number of hydrogen-bond donors (Lipinski definition) is 0. The van der Waals surface area contributed by atoms with Crippen molar-refractivity contribution in [1.82, 2.24) is 9.78 Å². The van der Waals surface area contributed by atoms with Gasteiger partial charge < -0.3 is 0 Å². The van der Waals surface area contributed by atoms with Crippen LogP contribution in [0.1, 0.15) is 18.2 Å². The largest absolute Gasteiger partial charge is 0.271 e. The molecule has 0 N–H and O–H groups in total. The molecule has 0 aliphatic rings. The van der Waals surface area contributed by atoms with Crippen molar-refractivity contribution in [3.8, 4) is 0 Å². The molecule has 1 aromatic heterocycles. The number of nitrogens with zero attached hydrogens (tertiary/aromatic N) is 2. The first kappa shape index (κ1) is 9.53. The highest BCUT2D eigenvalue weighted by atomic mass is 35.5. The fraction of sp³-hybridized carbons (Fsp3) is 0.364. The summed E-state index contributed by atoms with van der Waals surface area (Å²) < 4.78 is 1.93. The van der Waals surface area contributed by atoms with Crippen LogP contribution in [0.3, 0.4) is 0 Å². The van der Waals surface area contributed by atoms with E-state index in [0.717, 1.165) is 22.5 Å². The average molecular weight is 209 g/mol. The Balaban J connectivity index is 2.82. The molecule has 74 valence electrons. The molecule has 0 bridgehead atoms. The zero-order valence-corrected chi connectivity index (χ0v) is 9.39. The van der Waals surface area contributed by atoms with Gasteiger partial charge in [0, 0.05) is 23.2 Å². The first-order chi connectivity index (χ1) is 6.63. The highest BCUT2D eigenvalue weighted by molar-refractivity contribution is 6.32. The first-order valence-electron chi connectivity index (χ1n) is 4.75. The summed E-state index contributed by atoms with van der Waals surface area (Å²) in [4.78, 5) is 0. The molecule has 0 spiro atoms. The van der Waals surface area contributed by atoms with Gasteiger partial charge in [0.1, 0.15) is 0 Å². The molecule has 0 saturated heterocycles. The lowest BCUT2D eigenvalue weighted by Crippen LogP contribution is -1.95. The minimum Gasteiger partial charge on any atom is -0.271 e. The topological polar surface area (TPSA) is 17.8 Å². The van der Waals surface area contributed by atoms with E-state index in [1.807, 2.05) is 30.8 Å². The van der Waals surface area contributed by atoms with E-state index in [2.05, 4.69) is 12.0 Å². The fourth-order valence-electron chi connectivity index (χ4n) is 1.80. The van der Waals surface area contributed by atoms with Gasteiger partial charge in [-0.1, -0.05) is 18.5 Å². The summed E-state index contributed by atoms with van der Waals surface area (Å²) in [5.41, 5.74) is 3.35. The Hall–Kier alpha value is -1.02. The zero-order chi connectivity index (χ0) is 10.3. The molecule has 1 heterocycles. The molecule has 0 aliphatic carbocycles. The van der Waals surface area contributed by atoms with E-state index >= 15 is 0 Å². The van der Waals surface area contributed by atoms with Crippen LogP contribution in [-0.4, -0.2) is 9.78 Å². The Morgan fingerprint density at radius 2 is 2.14 bits per heavy atom. The minimum absolute atomic E-state index is 0.820. The Bertz CT molecular complexity index is 485. The van der Waals surface area contributed by atoms with Gasteiger partial charge in [-0.15, -0.1) is 0 Å². The van der Waals surface area contributed by atoms with Gasteiger partial charge in [0.15, 0.2) is 0 Å². The summed E-state index contributed by atoms with van der Waals surface area (Å²) in [6, 6.07) is 4.05. The van der Waals surface area contributed by atoms with Crippen LogP contribution in [0.4, 0.5) is 0 Å². The number of aromatic nitrogens is 2. The Kier molecular flexibility index (Phi) is 2.23. The molecule has 2 aromatic rings. The Labute approximate surface area is 88.5 Å². The lowest BCUT2D eigenvalue weighted by atomic mass is 10.1. The van der Waals surface area contributed by atoms with Crippen LogP contribution in [-0.2, 0) is 13.5 Å². The van der Waals surface area contributed by atoms with Gasteiger partial charge in [0.25, 0.3) is 0 Å². The summed E-state index contributed by atoms with van der Waals surface area (Å²) in [6.45, 7) is 4.13. The molecule has 1 aromatic carbocycles. The summed E-state index contributed by atoms with van der Waals surface area (Å²) in [6.07, 6.45) is 0.979. The quantitative estimate of drug-likeness (QED) is 0.704. The Morgan fingerprint density at radius 1 is 1.43 bits per heavy atom. The van der Waals surface area contributed by atoms with Crippen molar-refractivity contribution < 1.29 is 0 Å². The molecular formula is C11H13ClN2. The molecule has 2 rings (SSSR count). The predicted molar refractivity (Wildman–Crippen MR) is 59.8 cm³/mol. The number of hydrogen-bond acceptors (Lipinski definition) is 1. The van der Waals surface area contributed by atoms with E-state index in [1.165, 1.54) is 11.1 Å². The number of fused-ring (bicyclic) bond motifs is 1. The second kappa shape index (κ2) is 3.28. The molecule has 0 atom stereocenters. The van der Waals surface area contributed by atoms with Crippen molar-refractivity contribution in [2.45, 2.75) is 20.3 Å². The third kappa shape index (κ3) is 1.30. The average Bonchev–Trinajstić information content (AvgIpc) is 2.42. The smallest absolute Gasteiger partial charge is 0.0929 e. The number of rotatable bonds is 1. The molecule has 14 heavy (non-hydrogen) atoms. The molecule has 0 saturated carbocycles. The molecular weight excluding hydrogens is 196 g/mol. The highest BCUT2D eigenvalue weighted by Crippen LogP contribution is 2.25. The number of benzene rings is 1. The van der Waals surface area contributed by atoms with E-state index in [0.29, 0.717) is 0 Å². The molecule has 0 amide bonds. The number of aryl methyl sites for hydroxylation is 3. The molecule has 0 aliphatic heterocycles. The lowest BCUT2D eigenvalue weighted by molar-refractivity contribution is 0.728. The van der Waals surface area contributed by atoms with Crippen molar-refractivity contribution >= 4 is 22.5 Å². The first-order valence-corrected chi connectivity index (χ1v) is 5.13. The standard InChI is InChI=1S/C11H13ClN2/c1-4-11-8-6-9(12)7(2)5-10(8)13-14(11)3/h5-6H,4H2,1-3H3. The second-order valence-electron chi connectivity index (χ2n) is 3.54. The van der Waals surface area contributed by atoms with Gasteiger partial charge in [-0.25, -0.2) is 0 Å². The third-order valence-corrected chi connectivity index (χ3v) is 2.98. The zero-order valence-electron chi connectivity index (χ0n) is 8.63. The van der Waals surface area contributed by atoms with Crippen molar-refractivity contribution in [1.29, 1.82) is 0 Å². The molecule has 2 nitrogen and oxygen atoms in total.